The van der Waals surface area contributed by atoms with Crippen LogP contribution in [-0.4, -0.2) is 17.6 Å². The first kappa shape index (κ1) is 16.1. The quantitative estimate of drug-likeness (QED) is 0.796. The summed E-state index contributed by atoms with van der Waals surface area (Å²) in [5.74, 6) is 0.540. The zero-order chi connectivity index (χ0) is 16.4. The summed E-state index contributed by atoms with van der Waals surface area (Å²) in [6.07, 6.45) is 0.485. The number of nitrogens with one attached hydrogen (secondary N) is 2. The van der Waals surface area contributed by atoms with E-state index >= 15 is 0 Å². The first-order valence-corrected chi connectivity index (χ1v) is 8.95. The summed E-state index contributed by atoms with van der Waals surface area (Å²) in [5, 5.41) is 5.73. The minimum absolute atomic E-state index is 0.0163. The average molecular weight is 391 g/mol. The van der Waals surface area contributed by atoms with Gasteiger partial charge >= 0.3 is 0 Å². The van der Waals surface area contributed by atoms with Crippen LogP contribution in [-0.2, 0) is 4.79 Å². The van der Waals surface area contributed by atoms with Gasteiger partial charge in [-0.25, -0.2) is 0 Å². The summed E-state index contributed by atoms with van der Waals surface area (Å²) in [7, 11) is 0. The van der Waals surface area contributed by atoms with Gasteiger partial charge in [0, 0.05) is 32.8 Å². The van der Waals surface area contributed by atoms with Crippen molar-refractivity contribution in [2.45, 2.75) is 18.2 Å². The Hall–Kier alpha value is -1.79. The maximum atomic E-state index is 12.4. The Kier molecular flexibility index (Phi) is 4.73. The largest absolute Gasteiger partial charge is 0.325 e. The summed E-state index contributed by atoms with van der Waals surface area (Å²) >= 11 is 5.06. The van der Waals surface area contributed by atoms with Crippen molar-refractivity contribution in [2.75, 3.05) is 16.4 Å². The van der Waals surface area contributed by atoms with Gasteiger partial charge in [0.25, 0.3) is 5.91 Å². The van der Waals surface area contributed by atoms with Crippen molar-refractivity contribution in [3.63, 3.8) is 0 Å². The zero-order valence-corrected chi connectivity index (χ0v) is 14.9. The standard InChI is InChI=1S/C17H15BrN2O2S/c1-10-8-12(3-4-13(10)18)19-17(22)11-2-5-15-14(9-11)20-16(21)6-7-23-15/h2-5,8-9H,6-7H2,1H3,(H,19,22)(H,20,21). The number of hydrogen-bond acceptors (Lipinski definition) is 3. The summed E-state index contributed by atoms with van der Waals surface area (Å²) in [5.41, 5.74) is 3.02. The Balaban J connectivity index is 1.82. The van der Waals surface area contributed by atoms with Crippen LogP contribution in [0.4, 0.5) is 11.4 Å². The Morgan fingerprint density at radius 2 is 2.09 bits per heavy atom. The number of fused-ring (bicyclic) bond motifs is 1. The van der Waals surface area contributed by atoms with Crippen LogP contribution in [0, 0.1) is 6.92 Å². The van der Waals surface area contributed by atoms with Crippen molar-refractivity contribution >= 4 is 50.9 Å². The van der Waals surface area contributed by atoms with Crippen molar-refractivity contribution in [2.24, 2.45) is 0 Å². The Bertz CT molecular complexity index is 792. The van der Waals surface area contributed by atoms with Crippen LogP contribution in [0.25, 0.3) is 0 Å². The van der Waals surface area contributed by atoms with Crippen molar-refractivity contribution < 1.29 is 9.59 Å². The molecule has 0 aromatic heterocycles. The fourth-order valence-electron chi connectivity index (χ4n) is 2.29. The second kappa shape index (κ2) is 6.76. The van der Waals surface area contributed by atoms with Crippen LogP contribution in [0.15, 0.2) is 45.8 Å². The molecule has 1 aliphatic rings. The number of carbonyl (C=O) groups is 2. The van der Waals surface area contributed by atoms with Gasteiger partial charge in [-0.1, -0.05) is 15.9 Å². The molecule has 6 heteroatoms. The highest BCUT2D eigenvalue weighted by molar-refractivity contribution is 9.10. The first-order chi connectivity index (χ1) is 11.0. The lowest BCUT2D eigenvalue weighted by Crippen LogP contribution is -2.14. The molecule has 2 N–H and O–H groups in total. The molecule has 2 aromatic rings. The molecule has 0 saturated heterocycles. The van der Waals surface area contributed by atoms with E-state index in [4.69, 9.17) is 0 Å². The molecular formula is C17H15BrN2O2S. The summed E-state index contributed by atoms with van der Waals surface area (Å²) in [6.45, 7) is 1.97. The molecule has 3 rings (SSSR count). The molecule has 0 fully saturated rings. The van der Waals surface area contributed by atoms with Gasteiger partial charge in [-0.05, 0) is 48.9 Å². The Morgan fingerprint density at radius 1 is 1.26 bits per heavy atom. The van der Waals surface area contributed by atoms with Gasteiger partial charge < -0.3 is 10.6 Å². The minimum Gasteiger partial charge on any atom is -0.325 e. The van der Waals surface area contributed by atoms with E-state index in [0.717, 1.165) is 26.4 Å². The fraction of sp³-hybridized carbons (Fsp3) is 0.176. The minimum atomic E-state index is -0.196. The van der Waals surface area contributed by atoms with Gasteiger partial charge in [-0.15, -0.1) is 11.8 Å². The van der Waals surface area contributed by atoms with E-state index in [1.807, 2.05) is 31.2 Å². The molecule has 23 heavy (non-hydrogen) atoms. The summed E-state index contributed by atoms with van der Waals surface area (Å²) in [6, 6.07) is 11.0. The van der Waals surface area contributed by atoms with E-state index < -0.39 is 0 Å². The molecule has 4 nitrogen and oxygen atoms in total. The number of rotatable bonds is 2. The monoisotopic (exact) mass is 390 g/mol. The molecule has 0 aliphatic carbocycles. The van der Waals surface area contributed by atoms with Crippen LogP contribution < -0.4 is 10.6 Å². The van der Waals surface area contributed by atoms with Crippen molar-refractivity contribution in [3.8, 4) is 0 Å². The van der Waals surface area contributed by atoms with Gasteiger partial charge in [-0.3, -0.25) is 9.59 Å². The predicted octanol–water partition coefficient (Wildman–Crippen LogP) is 4.44. The highest BCUT2D eigenvalue weighted by Gasteiger charge is 2.16. The van der Waals surface area contributed by atoms with Crippen LogP contribution in [0.2, 0.25) is 0 Å². The maximum Gasteiger partial charge on any atom is 0.255 e. The van der Waals surface area contributed by atoms with Gasteiger partial charge in [0.2, 0.25) is 5.91 Å². The highest BCUT2D eigenvalue weighted by atomic mass is 79.9. The lowest BCUT2D eigenvalue weighted by Gasteiger charge is -2.10. The molecular weight excluding hydrogens is 376 g/mol. The van der Waals surface area contributed by atoms with E-state index in [2.05, 4.69) is 26.6 Å². The number of aryl methyl sites for hydroxylation is 1. The first-order valence-electron chi connectivity index (χ1n) is 7.17. The van der Waals surface area contributed by atoms with Crippen LogP contribution in [0.3, 0.4) is 0 Å². The average Bonchev–Trinajstić information content (AvgIpc) is 2.70. The third-order valence-electron chi connectivity index (χ3n) is 3.52. The highest BCUT2D eigenvalue weighted by Crippen LogP contribution is 2.31. The number of benzene rings is 2. The van der Waals surface area contributed by atoms with E-state index in [1.54, 1.807) is 23.9 Å². The van der Waals surface area contributed by atoms with Crippen molar-refractivity contribution in [1.29, 1.82) is 0 Å². The number of halogens is 1. The van der Waals surface area contributed by atoms with E-state index in [9.17, 15) is 9.59 Å². The second-order valence-electron chi connectivity index (χ2n) is 5.28. The SMILES string of the molecule is Cc1cc(NC(=O)c2ccc3c(c2)NC(=O)CCS3)ccc1Br. The third kappa shape index (κ3) is 3.76. The number of thioether (sulfide) groups is 1. The number of amides is 2. The number of hydrogen-bond donors (Lipinski definition) is 2. The molecule has 118 valence electrons. The van der Waals surface area contributed by atoms with Gasteiger partial charge in [-0.2, -0.15) is 0 Å². The molecule has 0 atom stereocenters. The molecule has 0 radical (unpaired) electrons. The molecule has 1 aliphatic heterocycles. The number of anilines is 2. The maximum absolute atomic E-state index is 12.4. The molecule has 0 unspecified atom stereocenters. The normalized spacial score (nSPS) is 13.7. The van der Waals surface area contributed by atoms with E-state index in [1.165, 1.54) is 0 Å². The Labute approximate surface area is 147 Å². The van der Waals surface area contributed by atoms with E-state index in [0.29, 0.717) is 17.7 Å². The molecule has 0 spiro atoms. The second-order valence-corrected chi connectivity index (χ2v) is 7.27. The third-order valence-corrected chi connectivity index (χ3v) is 5.48. The van der Waals surface area contributed by atoms with Crippen LogP contribution in [0.1, 0.15) is 22.3 Å². The van der Waals surface area contributed by atoms with Crippen molar-refractivity contribution in [1.82, 2.24) is 0 Å². The molecule has 0 bridgehead atoms. The molecule has 2 amide bonds. The summed E-state index contributed by atoms with van der Waals surface area (Å²) in [4.78, 5) is 25.1. The smallest absolute Gasteiger partial charge is 0.255 e. The van der Waals surface area contributed by atoms with Crippen LogP contribution >= 0.6 is 27.7 Å². The lowest BCUT2D eigenvalue weighted by molar-refractivity contribution is -0.115. The topological polar surface area (TPSA) is 58.2 Å². The lowest BCUT2D eigenvalue weighted by atomic mass is 10.1. The Morgan fingerprint density at radius 3 is 2.87 bits per heavy atom. The fourth-order valence-corrected chi connectivity index (χ4v) is 3.47. The number of carbonyl (C=O) groups excluding carboxylic acids is 2. The molecule has 1 heterocycles. The van der Waals surface area contributed by atoms with Crippen LogP contribution in [0.5, 0.6) is 0 Å². The molecule has 2 aromatic carbocycles. The van der Waals surface area contributed by atoms with Gasteiger partial charge in [0.05, 0.1) is 5.69 Å². The summed E-state index contributed by atoms with van der Waals surface area (Å²) < 4.78 is 1.00. The van der Waals surface area contributed by atoms with Crippen molar-refractivity contribution in [3.05, 3.63) is 52.0 Å². The zero-order valence-electron chi connectivity index (χ0n) is 12.5. The van der Waals surface area contributed by atoms with Gasteiger partial charge in [0.15, 0.2) is 0 Å². The van der Waals surface area contributed by atoms with Gasteiger partial charge in [0.1, 0.15) is 0 Å². The predicted molar refractivity (Wildman–Crippen MR) is 97.2 cm³/mol. The molecule has 0 saturated carbocycles. The van der Waals surface area contributed by atoms with E-state index in [-0.39, 0.29) is 11.8 Å².